The van der Waals surface area contributed by atoms with Gasteiger partial charge in [0.25, 0.3) is 0 Å². The molecule has 3 nitrogen and oxygen atoms in total. The Labute approximate surface area is 111 Å². The summed E-state index contributed by atoms with van der Waals surface area (Å²) in [5.41, 5.74) is 1.19. The minimum atomic E-state index is 0.410. The van der Waals surface area contributed by atoms with Gasteiger partial charge in [0.2, 0.25) is 0 Å². The first kappa shape index (κ1) is 13.5. The van der Waals surface area contributed by atoms with Crippen molar-refractivity contribution in [1.29, 1.82) is 0 Å². The van der Waals surface area contributed by atoms with Crippen LogP contribution < -0.4 is 5.32 Å². The first-order chi connectivity index (χ1) is 8.76. The Morgan fingerprint density at radius 3 is 2.83 bits per heavy atom. The lowest BCUT2D eigenvalue weighted by Gasteiger charge is -2.43. The zero-order valence-electron chi connectivity index (χ0n) is 11.8. The van der Waals surface area contributed by atoms with Gasteiger partial charge in [0.05, 0.1) is 5.69 Å². The van der Waals surface area contributed by atoms with Crippen molar-refractivity contribution in [3.05, 3.63) is 30.1 Å². The molecule has 0 aromatic carbocycles. The SMILES string of the molecule is CCC1CN(C(C)c2ccccn2)C(CC)CN1. The van der Waals surface area contributed by atoms with Gasteiger partial charge in [0.15, 0.2) is 0 Å². The molecule has 3 unspecified atom stereocenters. The van der Waals surface area contributed by atoms with E-state index in [1.165, 1.54) is 18.5 Å². The highest BCUT2D eigenvalue weighted by atomic mass is 15.3. The number of pyridine rings is 1. The molecule has 100 valence electrons. The van der Waals surface area contributed by atoms with Gasteiger partial charge >= 0.3 is 0 Å². The zero-order valence-corrected chi connectivity index (χ0v) is 11.8. The summed E-state index contributed by atoms with van der Waals surface area (Å²) in [7, 11) is 0. The van der Waals surface area contributed by atoms with E-state index < -0.39 is 0 Å². The summed E-state index contributed by atoms with van der Waals surface area (Å²) in [6.07, 6.45) is 4.29. The number of piperazine rings is 1. The number of nitrogens with zero attached hydrogens (tertiary/aromatic N) is 2. The summed E-state index contributed by atoms with van der Waals surface area (Å²) in [6, 6.07) is 7.87. The second kappa shape index (κ2) is 6.30. The van der Waals surface area contributed by atoms with Crippen molar-refractivity contribution in [2.24, 2.45) is 0 Å². The van der Waals surface area contributed by atoms with Crippen LogP contribution in [0.15, 0.2) is 24.4 Å². The van der Waals surface area contributed by atoms with E-state index in [1.807, 2.05) is 12.3 Å². The Morgan fingerprint density at radius 2 is 2.22 bits per heavy atom. The fraction of sp³-hybridized carbons (Fsp3) is 0.667. The maximum absolute atomic E-state index is 4.51. The van der Waals surface area contributed by atoms with E-state index in [9.17, 15) is 0 Å². The first-order valence-electron chi connectivity index (χ1n) is 7.16. The van der Waals surface area contributed by atoms with E-state index in [2.05, 4.69) is 48.1 Å². The average Bonchev–Trinajstić information content (AvgIpc) is 2.46. The second-order valence-electron chi connectivity index (χ2n) is 5.20. The molecule has 1 aromatic heterocycles. The predicted octanol–water partition coefficient (Wildman–Crippen LogP) is 2.61. The predicted molar refractivity (Wildman–Crippen MR) is 75.5 cm³/mol. The fourth-order valence-electron chi connectivity index (χ4n) is 2.81. The lowest BCUT2D eigenvalue weighted by atomic mass is 10.0. The molecule has 18 heavy (non-hydrogen) atoms. The molecular formula is C15H25N3. The Bertz CT molecular complexity index is 352. The Kier molecular flexibility index (Phi) is 4.72. The van der Waals surface area contributed by atoms with Gasteiger partial charge in [-0.15, -0.1) is 0 Å². The van der Waals surface area contributed by atoms with Gasteiger partial charge in [-0.1, -0.05) is 19.9 Å². The van der Waals surface area contributed by atoms with Crippen molar-refractivity contribution < 1.29 is 0 Å². The monoisotopic (exact) mass is 247 g/mol. The summed E-state index contributed by atoms with van der Waals surface area (Å²) in [6.45, 7) is 9.05. The Hall–Kier alpha value is -0.930. The van der Waals surface area contributed by atoms with E-state index in [0.29, 0.717) is 18.1 Å². The van der Waals surface area contributed by atoms with Crippen LogP contribution in [0.4, 0.5) is 0 Å². The van der Waals surface area contributed by atoms with Crippen LogP contribution in [0.25, 0.3) is 0 Å². The van der Waals surface area contributed by atoms with Crippen LogP contribution in [0.5, 0.6) is 0 Å². The van der Waals surface area contributed by atoms with E-state index in [1.54, 1.807) is 0 Å². The van der Waals surface area contributed by atoms with Crippen LogP contribution in [0.1, 0.15) is 45.3 Å². The molecule has 0 radical (unpaired) electrons. The second-order valence-corrected chi connectivity index (χ2v) is 5.20. The van der Waals surface area contributed by atoms with E-state index >= 15 is 0 Å². The van der Waals surface area contributed by atoms with Gasteiger partial charge in [-0.25, -0.2) is 0 Å². The van der Waals surface area contributed by atoms with Gasteiger partial charge in [-0.2, -0.15) is 0 Å². The topological polar surface area (TPSA) is 28.2 Å². The molecule has 1 aliphatic heterocycles. The van der Waals surface area contributed by atoms with Crippen LogP contribution >= 0.6 is 0 Å². The van der Waals surface area contributed by atoms with Crippen LogP contribution in [0, 0.1) is 0 Å². The van der Waals surface area contributed by atoms with Gasteiger partial charge in [0, 0.05) is 37.4 Å². The zero-order chi connectivity index (χ0) is 13.0. The van der Waals surface area contributed by atoms with Crippen LogP contribution in [0.2, 0.25) is 0 Å². The largest absolute Gasteiger partial charge is 0.311 e. The summed E-state index contributed by atoms with van der Waals surface area (Å²) in [5, 5.41) is 3.64. The molecule has 0 aliphatic carbocycles. The molecule has 0 bridgehead atoms. The highest BCUT2D eigenvalue weighted by Crippen LogP contribution is 2.24. The molecule has 1 aromatic rings. The lowest BCUT2D eigenvalue weighted by molar-refractivity contribution is 0.0832. The van der Waals surface area contributed by atoms with Crippen molar-refractivity contribution in [2.75, 3.05) is 13.1 Å². The van der Waals surface area contributed by atoms with Crippen molar-refractivity contribution in [3.8, 4) is 0 Å². The van der Waals surface area contributed by atoms with E-state index in [4.69, 9.17) is 0 Å². The maximum Gasteiger partial charge on any atom is 0.0572 e. The smallest absolute Gasteiger partial charge is 0.0572 e. The van der Waals surface area contributed by atoms with Gasteiger partial charge in [0.1, 0.15) is 0 Å². The van der Waals surface area contributed by atoms with Crippen LogP contribution in [-0.2, 0) is 0 Å². The standard InChI is InChI=1S/C15H25N3/c1-4-13-11-18(14(5-2)10-17-13)12(3)15-8-6-7-9-16-15/h6-9,12-14,17H,4-5,10-11H2,1-3H3. The molecule has 3 heteroatoms. The summed E-state index contributed by atoms with van der Waals surface area (Å²) >= 11 is 0. The van der Waals surface area contributed by atoms with Crippen LogP contribution in [0.3, 0.4) is 0 Å². The number of nitrogens with one attached hydrogen (secondary N) is 1. The van der Waals surface area contributed by atoms with Gasteiger partial charge in [-0.3, -0.25) is 9.88 Å². The van der Waals surface area contributed by atoms with Gasteiger partial charge < -0.3 is 5.32 Å². The molecule has 1 saturated heterocycles. The third kappa shape index (κ3) is 2.90. The molecule has 2 heterocycles. The summed E-state index contributed by atoms with van der Waals surface area (Å²) in [5.74, 6) is 0. The molecule has 3 atom stereocenters. The summed E-state index contributed by atoms with van der Waals surface area (Å²) in [4.78, 5) is 7.13. The highest BCUT2D eigenvalue weighted by Gasteiger charge is 2.30. The van der Waals surface area contributed by atoms with E-state index in [0.717, 1.165) is 13.1 Å². The minimum Gasteiger partial charge on any atom is -0.311 e. The minimum absolute atomic E-state index is 0.410. The van der Waals surface area contributed by atoms with Crippen molar-refractivity contribution in [3.63, 3.8) is 0 Å². The molecule has 1 aliphatic rings. The van der Waals surface area contributed by atoms with Gasteiger partial charge in [-0.05, 0) is 31.9 Å². The fourth-order valence-corrected chi connectivity index (χ4v) is 2.81. The number of rotatable bonds is 4. The normalized spacial score (nSPS) is 27.1. The van der Waals surface area contributed by atoms with Crippen LogP contribution in [-0.4, -0.2) is 35.1 Å². The average molecular weight is 247 g/mol. The first-order valence-corrected chi connectivity index (χ1v) is 7.16. The molecule has 0 saturated carbocycles. The summed E-state index contributed by atoms with van der Waals surface area (Å²) < 4.78 is 0. The lowest BCUT2D eigenvalue weighted by Crippen LogP contribution is -2.56. The maximum atomic E-state index is 4.51. The molecule has 0 amide bonds. The number of hydrogen-bond donors (Lipinski definition) is 1. The molecule has 0 spiro atoms. The molecule has 2 rings (SSSR count). The number of aromatic nitrogens is 1. The third-order valence-electron chi connectivity index (χ3n) is 4.12. The van der Waals surface area contributed by atoms with Crippen molar-refractivity contribution in [2.45, 2.75) is 51.7 Å². The van der Waals surface area contributed by atoms with E-state index in [-0.39, 0.29) is 0 Å². The van der Waals surface area contributed by atoms with Crippen molar-refractivity contribution in [1.82, 2.24) is 15.2 Å². The number of hydrogen-bond acceptors (Lipinski definition) is 3. The quantitative estimate of drug-likeness (QED) is 0.886. The molecular weight excluding hydrogens is 222 g/mol. The Balaban J connectivity index is 2.12. The highest BCUT2D eigenvalue weighted by molar-refractivity contribution is 5.09. The molecule has 1 fully saturated rings. The van der Waals surface area contributed by atoms with Crippen molar-refractivity contribution >= 4 is 0 Å². The molecule has 1 N–H and O–H groups in total. The third-order valence-corrected chi connectivity index (χ3v) is 4.12. The Morgan fingerprint density at radius 1 is 1.39 bits per heavy atom.